The molecule has 130 valence electrons. The van der Waals surface area contributed by atoms with E-state index in [1.54, 1.807) is 41.5 Å². The van der Waals surface area contributed by atoms with Crippen LogP contribution >= 0.6 is 0 Å². The van der Waals surface area contributed by atoms with E-state index >= 15 is 0 Å². The molecule has 0 saturated heterocycles. The van der Waals surface area contributed by atoms with Crippen molar-refractivity contribution in [3.8, 4) is 22.8 Å². The summed E-state index contributed by atoms with van der Waals surface area (Å²) < 4.78 is 7.04. The highest BCUT2D eigenvalue weighted by Crippen LogP contribution is 2.18. The SMILES string of the molecule is Cn1nccc1-c1ccc(CNC(=O)c2cc(-c3ccco3)[nH]n2)cn1. The fourth-order valence-corrected chi connectivity index (χ4v) is 2.57. The first kappa shape index (κ1) is 15.8. The van der Waals surface area contributed by atoms with E-state index in [1.165, 1.54) is 0 Å². The molecule has 0 aliphatic heterocycles. The highest BCUT2D eigenvalue weighted by atomic mass is 16.3. The number of carbonyl (C=O) groups is 1. The standard InChI is InChI=1S/C18H16N6O2/c1-24-16(6-7-21-24)13-5-4-12(10-19-13)11-20-18(25)15-9-14(22-23-15)17-3-2-8-26-17/h2-10H,11H2,1H3,(H,20,25)(H,22,23). The van der Waals surface area contributed by atoms with Crippen LogP contribution in [0.15, 0.2) is 59.5 Å². The highest BCUT2D eigenvalue weighted by Gasteiger charge is 2.12. The molecule has 8 nitrogen and oxygen atoms in total. The van der Waals surface area contributed by atoms with Crippen molar-refractivity contribution in [2.45, 2.75) is 6.54 Å². The van der Waals surface area contributed by atoms with Gasteiger partial charge < -0.3 is 9.73 Å². The van der Waals surface area contributed by atoms with Gasteiger partial charge in [0.1, 0.15) is 5.69 Å². The Morgan fingerprint density at radius 3 is 2.92 bits per heavy atom. The molecule has 0 aliphatic rings. The van der Waals surface area contributed by atoms with Crippen molar-refractivity contribution in [3.05, 3.63) is 66.3 Å². The van der Waals surface area contributed by atoms with Gasteiger partial charge in [-0.05, 0) is 29.8 Å². The lowest BCUT2D eigenvalue weighted by Gasteiger charge is -2.05. The molecule has 0 bridgehead atoms. The van der Waals surface area contributed by atoms with E-state index in [1.807, 2.05) is 25.2 Å². The quantitative estimate of drug-likeness (QED) is 0.577. The largest absolute Gasteiger partial charge is 0.463 e. The molecule has 0 fully saturated rings. The fourth-order valence-electron chi connectivity index (χ4n) is 2.57. The van der Waals surface area contributed by atoms with Gasteiger partial charge in [0.25, 0.3) is 5.91 Å². The van der Waals surface area contributed by atoms with Gasteiger partial charge in [0, 0.05) is 32.1 Å². The third-order valence-corrected chi connectivity index (χ3v) is 3.96. The number of carbonyl (C=O) groups excluding carboxylic acids is 1. The van der Waals surface area contributed by atoms with Gasteiger partial charge in [-0.25, -0.2) is 0 Å². The molecule has 4 heterocycles. The van der Waals surface area contributed by atoms with Crippen LogP contribution in [0.5, 0.6) is 0 Å². The lowest BCUT2D eigenvalue weighted by Crippen LogP contribution is -2.23. The van der Waals surface area contributed by atoms with Gasteiger partial charge in [0.15, 0.2) is 11.5 Å². The molecule has 0 aliphatic carbocycles. The topological polar surface area (TPSA) is 102 Å². The zero-order valence-corrected chi connectivity index (χ0v) is 14.0. The summed E-state index contributed by atoms with van der Waals surface area (Å²) in [4.78, 5) is 16.7. The van der Waals surface area contributed by atoms with Crippen molar-refractivity contribution in [2.75, 3.05) is 0 Å². The number of amides is 1. The predicted octanol–water partition coefficient (Wildman–Crippen LogP) is 2.40. The second-order valence-corrected chi connectivity index (χ2v) is 5.72. The van der Waals surface area contributed by atoms with Crippen LogP contribution in [-0.4, -0.2) is 30.9 Å². The smallest absolute Gasteiger partial charge is 0.272 e. The van der Waals surface area contributed by atoms with Crippen LogP contribution in [-0.2, 0) is 13.6 Å². The lowest BCUT2D eigenvalue weighted by molar-refractivity contribution is 0.0946. The second kappa shape index (κ2) is 6.67. The maximum atomic E-state index is 12.2. The Kier molecular flexibility index (Phi) is 4.06. The molecule has 0 atom stereocenters. The summed E-state index contributed by atoms with van der Waals surface area (Å²) in [5.41, 5.74) is 3.61. The van der Waals surface area contributed by atoms with E-state index in [-0.39, 0.29) is 5.91 Å². The Hall–Kier alpha value is -3.68. The van der Waals surface area contributed by atoms with Gasteiger partial charge in [-0.2, -0.15) is 10.2 Å². The first-order valence-electron chi connectivity index (χ1n) is 8.01. The lowest BCUT2D eigenvalue weighted by atomic mass is 10.2. The number of nitrogens with one attached hydrogen (secondary N) is 2. The van der Waals surface area contributed by atoms with Gasteiger partial charge in [-0.15, -0.1) is 0 Å². The minimum absolute atomic E-state index is 0.269. The van der Waals surface area contributed by atoms with E-state index in [0.717, 1.165) is 17.0 Å². The van der Waals surface area contributed by atoms with Gasteiger partial charge in [-0.3, -0.25) is 19.6 Å². The van der Waals surface area contributed by atoms with Crippen LogP contribution in [0.25, 0.3) is 22.8 Å². The van der Waals surface area contributed by atoms with Crippen molar-refractivity contribution in [1.82, 2.24) is 30.3 Å². The van der Waals surface area contributed by atoms with Crippen molar-refractivity contribution in [3.63, 3.8) is 0 Å². The summed E-state index contributed by atoms with van der Waals surface area (Å²) in [6, 6.07) is 11.0. The fraction of sp³-hybridized carbons (Fsp3) is 0.111. The number of aromatic nitrogens is 5. The number of nitrogens with zero attached hydrogens (tertiary/aromatic N) is 4. The number of hydrogen-bond acceptors (Lipinski definition) is 5. The molecule has 26 heavy (non-hydrogen) atoms. The van der Waals surface area contributed by atoms with E-state index in [4.69, 9.17) is 4.42 Å². The molecule has 0 radical (unpaired) electrons. The minimum atomic E-state index is -0.269. The number of pyridine rings is 1. The number of rotatable bonds is 5. The van der Waals surface area contributed by atoms with Gasteiger partial charge in [0.05, 0.1) is 17.7 Å². The van der Waals surface area contributed by atoms with Gasteiger partial charge >= 0.3 is 0 Å². The maximum absolute atomic E-state index is 12.2. The first-order valence-corrected chi connectivity index (χ1v) is 8.01. The molecule has 4 aromatic heterocycles. The molecule has 4 rings (SSSR count). The van der Waals surface area contributed by atoms with E-state index < -0.39 is 0 Å². The van der Waals surface area contributed by atoms with Crippen LogP contribution in [0.2, 0.25) is 0 Å². The zero-order chi connectivity index (χ0) is 17.9. The molecular formula is C18H16N6O2. The van der Waals surface area contributed by atoms with E-state index in [2.05, 4.69) is 25.6 Å². The Balaban J connectivity index is 1.39. The molecule has 0 unspecified atom stereocenters. The molecule has 0 aromatic carbocycles. The molecule has 0 saturated carbocycles. The number of furan rings is 1. The molecular weight excluding hydrogens is 332 g/mol. The van der Waals surface area contributed by atoms with Crippen LogP contribution in [0.3, 0.4) is 0 Å². The van der Waals surface area contributed by atoms with E-state index in [9.17, 15) is 4.79 Å². The summed E-state index contributed by atoms with van der Waals surface area (Å²) in [6.07, 6.45) is 5.03. The molecule has 4 aromatic rings. The summed E-state index contributed by atoms with van der Waals surface area (Å²) >= 11 is 0. The second-order valence-electron chi connectivity index (χ2n) is 5.72. The van der Waals surface area contributed by atoms with Crippen molar-refractivity contribution >= 4 is 5.91 Å². The van der Waals surface area contributed by atoms with Crippen molar-refractivity contribution in [1.29, 1.82) is 0 Å². The summed E-state index contributed by atoms with van der Waals surface area (Å²) in [7, 11) is 1.87. The number of aryl methyl sites for hydroxylation is 1. The summed E-state index contributed by atoms with van der Waals surface area (Å²) in [5, 5.41) is 13.8. The number of aromatic amines is 1. The molecule has 8 heteroatoms. The van der Waals surface area contributed by atoms with Crippen molar-refractivity contribution < 1.29 is 9.21 Å². The Morgan fingerprint density at radius 1 is 1.31 bits per heavy atom. The molecule has 1 amide bonds. The first-order chi connectivity index (χ1) is 12.7. The zero-order valence-electron chi connectivity index (χ0n) is 14.0. The third-order valence-electron chi connectivity index (χ3n) is 3.96. The van der Waals surface area contributed by atoms with Crippen LogP contribution < -0.4 is 5.32 Å². The normalized spacial score (nSPS) is 10.8. The molecule has 2 N–H and O–H groups in total. The Labute approximate surface area is 148 Å². The predicted molar refractivity (Wildman–Crippen MR) is 93.9 cm³/mol. The minimum Gasteiger partial charge on any atom is -0.463 e. The highest BCUT2D eigenvalue weighted by molar-refractivity contribution is 5.93. The molecule has 0 spiro atoms. The Morgan fingerprint density at radius 2 is 2.23 bits per heavy atom. The average molecular weight is 348 g/mol. The van der Waals surface area contributed by atoms with Crippen LogP contribution in [0, 0.1) is 0 Å². The summed E-state index contributed by atoms with van der Waals surface area (Å²) in [5.74, 6) is 0.362. The number of H-pyrrole nitrogens is 1. The average Bonchev–Trinajstić information content (AvgIpc) is 3.40. The maximum Gasteiger partial charge on any atom is 0.272 e. The van der Waals surface area contributed by atoms with Crippen molar-refractivity contribution in [2.24, 2.45) is 7.05 Å². The Bertz CT molecular complexity index is 1010. The third kappa shape index (κ3) is 3.12. The van der Waals surface area contributed by atoms with Gasteiger partial charge in [-0.1, -0.05) is 6.07 Å². The van der Waals surface area contributed by atoms with Gasteiger partial charge in [0.2, 0.25) is 0 Å². The van der Waals surface area contributed by atoms with Crippen LogP contribution in [0.1, 0.15) is 16.1 Å². The number of hydrogen-bond donors (Lipinski definition) is 2. The van der Waals surface area contributed by atoms with Crippen LogP contribution in [0.4, 0.5) is 0 Å². The summed E-state index contributed by atoms with van der Waals surface area (Å²) in [6.45, 7) is 0.362. The van der Waals surface area contributed by atoms with E-state index in [0.29, 0.717) is 23.7 Å². The monoisotopic (exact) mass is 348 g/mol.